The summed E-state index contributed by atoms with van der Waals surface area (Å²) in [5.41, 5.74) is -1.53. The maximum absolute atomic E-state index is 16.7. The van der Waals surface area contributed by atoms with Crippen LogP contribution in [-0.2, 0) is 35.0 Å². The molecule has 0 radical (unpaired) electrons. The summed E-state index contributed by atoms with van der Waals surface area (Å²) in [6.45, 7) is 17.8. The number of piperidine rings is 1. The average Bonchev–Trinajstić information content (AvgIpc) is 3.82. The van der Waals surface area contributed by atoms with Gasteiger partial charge in [0.15, 0.2) is 34.3 Å². The second kappa shape index (κ2) is 21.8. The lowest BCUT2D eigenvalue weighted by molar-refractivity contribution is -0.277. The molecule has 2 aromatic rings. The third-order valence-corrected chi connectivity index (χ3v) is 17.4. The number of nitrogens with zero attached hydrogens (tertiary/aromatic N) is 1. The molecular formula is C61H77NO16. The highest BCUT2D eigenvalue weighted by Gasteiger charge is 2.86. The van der Waals surface area contributed by atoms with Crippen molar-refractivity contribution < 1.29 is 77.6 Å². The number of aliphatic hydroxyl groups is 4. The van der Waals surface area contributed by atoms with Gasteiger partial charge in [-0.2, -0.15) is 0 Å². The number of rotatable bonds is 17. The summed E-state index contributed by atoms with van der Waals surface area (Å²) >= 11 is 0. The van der Waals surface area contributed by atoms with Crippen molar-refractivity contribution in [1.29, 1.82) is 0 Å². The molecule has 17 heteroatoms. The van der Waals surface area contributed by atoms with Crippen LogP contribution in [0.5, 0.6) is 23.0 Å². The maximum atomic E-state index is 16.7. The normalized spacial score (nSPS) is 32.8. The molecule has 3 saturated heterocycles. The lowest BCUT2D eigenvalue weighted by atomic mass is 9.44. The Balaban J connectivity index is 1.15. The van der Waals surface area contributed by atoms with Gasteiger partial charge in [-0.1, -0.05) is 42.7 Å². The molecule has 3 saturated carbocycles. The first-order valence-electron chi connectivity index (χ1n) is 27.6. The molecule has 10 rings (SSSR count). The number of carbonyl (C=O) groups is 5. The van der Waals surface area contributed by atoms with Gasteiger partial charge < -0.3 is 53.6 Å². The van der Waals surface area contributed by atoms with E-state index in [1.807, 2.05) is 66.7 Å². The molecule has 4 N–H and O–H groups in total. The van der Waals surface area contributed by atoms with Crippen LogP contribution in [0.4, 0.5) is 0 Å². The molecule has 422 valence electrons. The molecule has 13 atom stereocenters. The minimum atomic E-state index is -1.72. The quantitative estimate of drug-likeness (QED) is 0.0404. The molecule has 6 fully saturated rings. The highest BCUT2D eigenvalue weighted by molar-refractivity contribution is 6.11. The first kappa shape index (κ1) is 57.2. The van der Waals surface area contributed by atoms with E-state index >= 15 is 9.59 Å². The van der Waals surface area contributed by atoms with Crippen LogP contribution in [0.3, 0.4) is 0 Å². The molecule has 78 heavy (non-hydrogen) atoms. The van der Waals surface area contributed by atoms with Gasteiger partial charge in [0.2, 0.25) is 6.29 Å². The van der Waals surface area contributed by atoms with E-state index in [0.29, 0.717) is 49.2 Å². The van der Waals surface area contributed by atoms with Crippen LogP contribution in [0.1, 0.15) is 146 Å². The number of ketones is 3. The highest BCUT2D eigenvalue weighted by atomic mass is 16.7. The van der Waals surface area contributed by atoms with Crippen LogP contribution < -0.4 is 18.9 Å². The molecule has 8 aliphatic rings. The van der Waals surface area contributed by atoms with Crippen molar-refractivity contribution in [3.63, 3.8) is 0 Å². The Labute approximate surface area is 456 Å². The molecular weight excluding hydrogens is 1000 g/mol. The van der Waals surface area contributed by atoms with E-state index in [1.54, 1.807) is 19.9 Å². The third-order valence-electron chi connectivity index (χ3n) is 17.4. The molecule has 3 aliphatic carbocycles. The molecule has 5 aliphatic heterocycles. The number of ether oxygens (including phenoxy) is 7. The standard InChI is InChI=1S/C61H77NO16/c1-32(2)15-14-24-59(9)25-23-39-51(76-59)38(21-16-33(3)4)53-44(52(39)75-56(71)35(6)29-41(64)36-17-19-37(20-18-36)73-57-50(68)49(67)47(65)42(31-63)74-57)48(66)45-46(62-27-12-11-13-28-62)40-30-43-58(7,8)78-60(54(40)69,61(43,45)77-53)26-22-34(5)55(70)72-10/h15-20,22-23,25,35,40,42-43,45-47,49-50,57,63,65,67-68H,11-14,21,24,26-31H2,1-10H3/b34-22-/t35?,40?,42-,43?,45?,46?,47-,49-,50-,57-,59?,60?,61?/m1/s1. The molecule has 4 bridgehead atoms. The fourth-order valence-electron chi connectivity index (χ4n) is 13.4. The second-order valence-electron chi connectivity index (χ2n) is 23.8. The maximum Gasteiger partial charge on any atom is 0.333 e. The number of benzene rings is 2. The Morgan fingerprint density at radius 2 is 1.58 bits per heavy atom. The molecule has 2 aromatic carbocycles. The van der Waals surface area contributed by atoms with Gasteiger partial charge >= 0.3 is 11.9 Å². The minimum Gasteiger partial charge on any atom is -0.482 e. The SMILES string of the molecule is COC(=O)/C(C)=C\CC12OC(C)(C)C3CC(C1=O)C(N1CCCCC1)C1C(=O)c4c(OC(=O)C(C)CC(=O)c5ccc(O[C@@H]6O[C@H](CO)[C@@H](O)[C@@H](O)[C@H]6O)cc5)c5c(c(CC=C(C)C)c4OC132)OC(C)(CCC=C(C)C)C=C5. The van der Waals surface area contributed by atoms with E-state index < -0.39 is 107 Å². The van der Waals surface area contributed by atoms with Crippen molar-refractivity contribution in [2.24, 2.45) is 23.7 Å². The van der Waals surface area contributed by atoms with Gasteiger partial charge in [0, 0.05) is 47.4 Å². The number of hydrogen-bond acceptors (Lipinski definition) is 17. The fourth-order valence-corrected chi connectivity index (χ4v) is 13.4. The first-order valence-corrected chi connectivity index (χ1v) is 27.6. The summed E-state index contributed by atoms with van der Waals surface area (Å²) in [7, 11) is 1.30. The Hall–Kier alpha value is -5.53. The lowest BCUT2D eigenvalue weighted by Gasteiger charge is -2.64. The molecule has 0 aromatic heterocycles. The summed E-state index contributed by atoms with van der Waals surface area (Å²) in [6, 6.07) is 5.26. The van der Waals surface area contributed by atoms with Gasteiger partial charge in [0.25, 0.3) is 0 Å². The Morgan fingerprint density at radius 1 is 0.885 bits per heavy atom. The van der Waals surface area contributed by atoms with Crippen molar-refractivity contribution in [3.05, 3.63) is 87.5 Å². The van der Waals surface area contributed by atoms with Crippen LogP contribution >= 0.6 is 0 Å². The van der Waals surface area contributed by atoms with E-state index in [4.69, 9.17) is 33.2 Å². The average molecular weight is 1080 g/mol. The van der Waals surface area contributed by atoms with Crippen LogP contribution in [0, 0.1) is 23.7 Å². The van der Waals surface area contributed by atoms with Crippen molar-refractivity contribution in [1.82, 2.24) is 4.90 Å². The monoisotopic (exact) mass is 1080 g/mol. The van der Waals surface area contributed by atoms with Crippen molar-refractivity contribution >= 4 is 35.4 Å². The van der Waals surface area contributed by atoms with E-state index in [9.17, 15) is 34.8 Å². The van der Waals surface area contributed by atoms with E-state index in [1.165, 1.54) is 31.4 Å². The second-order valence-corrected chi connectivity index (χ2v) is 23.8. The third kappa shape index (κ3) is 9.89. The van der Waals surface area contributed by atoms with Crippen LogP contribution in [0.15, 0.2) is 65.3 Å². The first-order chi connectivity index (χ1) is 36.9. The van der Waals surface area contributed by atoms with Crippen LogP contribution in [0.25, 0.3) is 6.08 Å². The molecule has 17 nitrogen and oxygen atoms in total. The number of aliphatic hydroxyl groups excluding tert-OH is 4. The number of hydrogen-bond donors (Lipinski definition) is 4. The van der Waals surface area contributed by atoms with E-state index in [2.05, 4.69) is 11.0 Å². The van der Waals surface area contributed by atoms with Gasteiger partial charge in [-0.15, -0.1) is 0 Å². The van der Waals surface area contributed by atoms with Gasteiger partial charge in [0.1, 0.15) is 52.8 Å². The number of Topliss-reactive ketones (excluding diaryl/α,β-unsaturated/α-hetero) is 3. The van der Waals surface area contributed by atoms with Crippen LogP contribution in [-0.4, -0.2) is 141 Å². The number of carbonyl (C=O) groups excluding carboxylic acids is 5. The predicted octanol–water partition coefficient (Wildman–Crippen LogP) is 7.16. The Morgan fingerprint density at radius 3 is 2.23 bits per heavy atom. The fraction of sp³-hybridized carbons (Fsp3) is 0.590. The van der Waals surface area contributed by atoms with Crippen molar-refractivity contribution in [3.8, 4) is 23.0 Å². The highest BCUT2D eigenvalue weighted by Crippen LogP contribution is 2.71. The molecule has 5 heterocycles. The Kier molecular flexibility index (Phi) is 16.0. The Bertz CT molecular complexity index is 2830. The summed E-state index contributed by atoms with van der Waals surface area (Å²) in [5, 5.41) is 40.6. The zero-order chi connectivity index (χ0) is 56.4. The number of likely N-dealkylation sites (tertiary alicyclic amines) is 1. The predicted molar refractivity (Wildman–Crippen MR) is 286 cm³/mol. The smallest absolute Gasteiger partial charge is 0.333 e. The lowest BCUT2D eigenvalue weighted by Crippen LogP contribution is -2.82. The molecule has 1 spiro atoms. The summed E-state index contributed by atoms with van der Waals surface area (Å²) in [5.74, 6) is -4.82. The van der Waals surface area contributed by atoms with E-state index in [0.717, 1.165) is 30.4 Å². The van der Waals surface area contributed by atoms with Gasteiger partial charge in [-0.3, -0.25) is 24.1 Å². The van der Waals surface area contributed by atoms with Gasteiger partial charge in [0.05, 0.1) is 36.7 Å². The molecule has 0 amide bonds. The number of esters is 2. The van der Waals surface area contributed by atoms with E-state index in [-0.39, 0.29) is 64.8 Å². The largest absolute Gasteiger partial charge is 0.482 e. The van der Waals surface area contributed by atoms with Crippen molar-refractivity contribution in [2.45, 2.75) is 179 Å². The topological polar surface area (TPSA) is 234 Å². The van der Waals surface area contributed by atoms with Gasteiger partial charge in [-0.05, 0) is 143 Å². The van der Waals surface area contributed by atoms with Crippen LogP contribution in [0.2, 0.25) is 0 Å². The van der Waals surface area contributed by atoms with Crippen molar-refractivity contribution in [2.75, 3.05) is 26.8 Å². The summed E-state index contributed by atoms with van der Waals surface area (Å²) < 4.78 is 45.0. The minimum absolute atomic E-state index is 0.0560. The number of allylic oxidation sites excluding steroid dienone is 4. The zero-order valence-electron chi connectivity index (χ0n) is 46.6. The summed E-state index contributed by atoms with van der Waals surface area (Å²) in [6.07, 6.45) is 6.51. The number of methoxy groups -OCH3 is 1. The zero-order valence-corrected chi connectivity index (χ0v) is 46.6. The number of fused-ring (bicyclic) bond motifs is 2. The molecule has 8 unspecified atom stereocenters. The summed E-state index contributed by atoms with van der Waals surface area (Å²) in [4.78, 5) is 76.4. The van der Waals surface area contributed by atoms with Gasteiger partial charge in [-0.25, -0.2) is 4.79 Å².